The molecule has 1 aromatic rings. The molecule has 1 rings (SSSR count). The molecule has 0 heterocycles. The second-order valence-electron chi connectivity index (χ2n) is 13.5. The topological polar surface area (TPSA) is 0 Å². The first kappa shape index (κ1) is 38.2. The summed E-state index contributed by atoms with van der Waals surface area (Å²) in [7, 11) is 0. The van der Waals surface area contributed by atoms with E-state index in [1.54, 1.807) is 22.3 Å². The normalized spacial score (nSPS) is 11.5. The highest BCUT2D eigenvalue weighted by molar-refractivity contribution is 5.40. The number of benzene rings is 1. The van der Waals surface area contributed by atoms with Crippen molar-refractivity contribution in [3.63, 3.8) is 0 Å². The van der Waals surface area contributed by atoms with Gasteiger partial charge in [0.15, 0.2) is 0 Å². The molecule has 0 aromatic heterocycles. The summed E-state index contributed by atoms with van der Waals surface area (Å²) in [5, 5.41) is 0. The van der Waals surface area contributed by atoms with Crippen molar-refractivity contribution in [2.45, 2.75) is 227 Å². The van der Waals surface area contributed by atoms with E-state index in [0.29, 0.717) is 0 Å². The van der Waals surface area contributed by atoms with Gasteiger partial charge in [0.1, 0.15) is 0 Å². The maximum Gasteiger partial charge on any atom is -0.0273 e. The van der Waals surface area contributed by atoms with Crippen LogP contribution in [0.4, 0.5) is 0 Å². The summed E-state index contributed by atoms with van der Waals surface area (Å²) >= 11 is 0. The van der Waals surface area contributed by atoms with Gasteiger partial charge in [0.2, 0.25) is 0 Å². The van der Waals surface area contributed by atoms with Crippen molar-refractivity contribution >= 4 is 0 Å². The summed E-state index contributed by atoms with van der Waals surface area (Å²) in [4.78, 5) is 0. The SMILES string of the molecule is CCCCCCCCCCCc1cc(CC)cc(CCCCCCCCCCC)c1CCCCCCCCCCC. The highest BCUT2D eigenvalue weighted by atomic mass is 14.2. The fraction of sp³-hybridized carbons (Fsp3) is 0.854. The van der Waals surface area contributed by atoms with Crippen LogP contribution in [-0.4, -0.2) is 0 Å². The first-order chi connectivity index (χ1) is 20.3. The molecular weight excluding hydrogens is 492 g/mol. The highest BCUT2D eigenvalue weighted by Gasteiger charge is 2.11. The van der Waals surface area contributed by atoms with Crippen LogP contribution in [0.3, 0.4) is 0 Å². The Morgan fingerprint density at radius 2 is 0.585 bits per heavy atom. The van der Waals surface area contributed by atoms with Crippen LogP contribution in [0.2, 0.25) is 0 Å². The molecule has 0 atom stereocenters. The Kier molecular flexibility index (Phi) is 27.3. The molecule has 0 heteroatoms. The maximum atomic E-state index is 2.62. The van der Waals surface area contributed by atoms with E-state index < -0.39 is 0 Å². The molecule has 0 amide bonds. The first-order valence-corrected chi connectivity index (χ1v) is 19.4. The molecule has 0 fully saturated rings. The van der Waals surface area contributed by atoms with Gasteiger partial charge in [0.25, 0.3) is 0 Å². The Hall–Kier alpha value is -0.780. The fourth-order valence-corrected chi connectivity index (χ4v) is 6.71. The van der Waals surface area contributed by atoms with Gasteiger partial charge in [0.05, 0.1) is 0 Å². The minimum atomic E-state index is 1.19. The molecule has 240 valence electrons. The highest BCUT2D eigenvalue weighted by Crippen LogP contribution is 2.26. The van der Waals surface area contributed by atoms with Crippen molar-refractivity contribution in [2.75, 3.05) is 0 Å². The molecular formula is C41H76. The van der Waals surface area contributed by atoms with E-state index in [4.69, 9.17) is 0 Å². The van der Waals surface area contributed by atoms with Crippen LogP contribution in [-0.2, 0) is 25.7 Å². The van der Waals surface area contributed by atoms with Gasteiger partial charge in [0, 0.05) is 0 Å². The van der Waals surface area contributed by atoms with Gasteiger partial charge in [-0.2, -0.15) is 0 Å². The van der Waals surface area contributed by atoms with Gasteiger partial charge < -0.3 is 0 Å². The lowest BCUT2D eigenvalue weighted by Gasteiger charge is -2.18. The molecule has 41 heavy (non-hydrogen) atoms. The molecule has 0 aliphatic heterocycles. The summed E-state index contributed by atoms with van der Waals surface area (Å²) < 4.78 is 0. The van der Waals surface area contributed by atoms with Gasteiger partial charge in [-0.1, -0.05) is 194 Å². The van der Waals surface area contributed by atoms with Gasteiger partial charge in [-0.3, -0.25) is 0 Å². The Morgan fingerprint density at radius 1 is 0.317 bits per heavy atom. The van der Waals surface area contributed by atoms with E-state index in [2.05, 4.69) is 39.8 Å². The third kappa shape index (κ3) is 21.5. The molecule has 0 aliphatic carbocycles. The summed E-state index contributed by atoms with van der Waals surface area (Å²) in [5.41, 5.74) is 6.84. The van der Waals surface area contributed by atoms with Crippen LogP contribution in [0.5, 0.6) is 0 Å². The van der Waals surface area contributed by atoms with Crippen LogP contribution in [0.1, 0.15) is 223 Å². The van der Waals surface area contributed by atoms with E-state index >= 15 is 0 Å². The average Bonchev–Trinajstić information content (AvgIpc) is 2.99. The fourth-order valence-electron chi connectivity index (χ4n) is 6.71. The van der Waals surface area contributed by atoms with Gasteiger partial charge in [-0.15, -0.1) is 0 Å². The van der Waals surface area contributed by atoms with Crippen LogP contribution in [0.15, 0.2) is 12.1 Å². The first-order valence-electron chi connectivity index (χ1n) is 19.4. The second kappa shape index (κ2) is 29.3. The lowest BCUT2D eigenvalue weighted by molar-refractivity contribution is 0.558. The molecule has 0 nitrogen and oxygen atoms in total. The summed E-state index contributed by atoms with van der Waals surface area (Å²) in [6.45, 7) is 9.32. The van der Waals surface area contributed by atoms with E-state index in [1.807, 2.05) is 0 Å². The maximum absolute atomic E-state index is 2.62. The molecule has 1 aromatic carbocycles. The molecule has 0 spiro atoms. The zero-order valence-electron chi connectivity index (χ0n) is 29.1. The largest absolute Gasteiger partial charge is 0.0654 e. The lowest BCUT2D eigenvalue weighted by Crippen LogP contribution is -2.04. The van der Waals surface area contributed by atoms with Crippen LogP contribution >= 0.6 is 0 Å². The number of aryl methyl sites for hydroxylation is 3. The predicted octanol–water partition coefficient (Wildman–Crippen LogP) is 14.5. The lowest BCUT2D eigenvalue weighted by atomic mass is 9.87. The number of unbranched alkanes of at least 4 members (excludes halogenated alkanes) is 24. The minimum Gasteiger partial charge on any atom is -0.0654 e. The zero-order chi connectivity index (χ0) is 29.6. The molecule has 0 bridgehead atoms. The van der Waals surface area contributed by atoms with Gasteiger partial charge >= 0.3 is 0 Å². The average molecular weight is 569 g/mol. The van der Waals surface area contributed by atoms with Gasteiger partial charge in [-0.25, -0.2) is 0 Å². The number of hydrogen-bond acceptors (Lipinski definition) is 0. The zero-order valence-corrected chi connectivity index (χ0v) is 29.1. The Morgan fingerprint density at radius 3 is 0.878 bits per heavy atom. The summed E-state index contributed by atoms with van der Waals surface area (Å²) in [6, 6.07) is 5.24. The number of rotatable bonds is 31. The summed E-state index contributed by atoms with van der Waals surface area (Å²) in [5.74, 6) is 0. The van der Waals surface area contributed by atoms with E-state index in [1.165, 1.54) is 199 Å². The van der Waals surface area contributed by atoms with E-state index in [0.717, 1.165) is 0 Å². The smallest absolute Gasteiger partial charge is 0.0273 e. The predicted molar refractivity (Wildman–Crippen MR) is 189 cm³/mol. The van der Waals surface area contributed by atoms with E-state index in [-0.39, 0.29) is 0 Å². The van der Waals surface area contributed by atoms with Crippen molar-refractivity contribution in [3.05, 3.63) is 34.4 Å². The Labute approximate surface area is 260 Å². The Balaban J connectivity index is 2.60. The third-order valence-electron chi connectivity index (χ3n) is 9.53. The molecule has 0 unspecified atom stereocenters. The van der Waals surface area contributed by atoms with E-state index in [9.17, 15) is 0 Å². The molecule has 0 radical (unpaired) electrons. The standard InChI is InChI=1S/C41H76/c1-5-9-12-15-18-21-24-27-30-33-39-36-38(8-4)37-40(34-31-28-25-22-19-16-13-10-6-2)41(39)35-32-29-26-23-20-17-14-11-7-3/h36-37H,5-35H2,1-4H3. The Bertz CT molecular complexity index is 628. The second-order valence-corrected chi connectivity index (χ2v) is 13.5. The van der Waals surface area contributed by atoms with Crippen molar-refractivity contribution < 1.29 is 0 Å². The number of hydrogen-bond donors (Lipinski definition) is 0. The summed E-state index contributed by atoms with van der Waals surface area (Å²) in [6.07, 6.45) is 43.8. The minimum absolute atomic E-state index is 1.19. The molecule has 0 N–H and O–H groups in total. The monoisotopic (exact) mass is 569 g/mol. The molecule has 0 saturated carbocycles. The van der Waals surface area contributed by atoms with Crippen LogP contribution in [0.25, 0.3) is 0 Å². The van der Waals surface area contributed by atoms with Crippen molar-refractivity contribution in [3.8, 4) is 0 Å². The molecule has 0 aliphatic rings. The van der Waals surface area contributed by atoms with Crippen molar-refractivity contribution in [2.24, 2.45) is 0 Å². The van der Waals surface area contributed by atoms with Crippen LogP contribution < -0.4 is 0 Å². The van der Waals surface area contributed by atoms with Gasteiger partial charge in [-0.05, 0) is 67.2 Å². The van der Waals surface area contributed by atoms with Crippen molar-refractivity contribution in [1.82, 2.24) is 0 Å². The molecule has 0 saturated heterocycles. The quantitative estimate of drug-likeness (QED) is 0.0781. The van der Waals surface area contributed by atoms with Crippen LogP contribution in [0, 0.1) is 0 Å². The third-order valence-corrected chi connectivity index (χ3v) is 9.53. The van der Waals surface area contributed by atoms with Crippen molar-refractivity contribution in [1.29, 1.82) is 0 Å².